The first-order valence-corrected chi connectivity index (χ1v) is 9.46. The van der Waals surface area contributed by atoms with Gasteiger partial charge in [-0.3, -0.25) is 9.78 Å². The number of primary amides is 1. The quantitative estimate of drug-likeness (QED) is 0.662. The minimum absolute atomic E-state index is 0.0110. The molecular weight excluding hydrogens is 378 g/mol. The summed E-state index contributed by atoms with van der Waals surface area (Å²) in [5.41, 5.74) is 10.7. The Morgan fingerprint density at radius 1 is 1.03 bits per heavy atom. The predicted octanol–water partition coefficient (Wildman–Crippen LogP) is 3.07. The SMILES string of the molecule is NC(=O)c1cncc(C#CCNC(=O)OCC2c3ccccc3-c3ccccc32)c1. The molecule has 6 nitrogen and oxygen atoms in total. The number of benzene rings is 2. The summed E-state index contributed by atoms with van der Waals surface area (Å²) in [7, 11) is 0. The van der Waals surface area contributed by atoms with Gasteiger partial charge in [0.25, 0.3) is 0 Å². The number of amides is 2. The van der Waals surface area contributed by atoms with Crippen LogP contribution >= 0.6 is 0 Å². The van der Waals surface area contributed by atoms with Gasteiger partial charge >= 0.3 is 6.09 Å². The Labute approximate surface area is 174 Å². The molecule has 0 fully saturated rings. The number of fused-ring (bicyclic) bond motifs is 3. The van der Waals surface area contributed by atoms with Gasteiger partial charge < -0.3 is 15.8 Å². The molecule has 0 saturated carbocycles. The zero-order valence-corrected chi connectivity index (χ0v) is 16.1. The molecular formula is C24H19N3O3. The normalized spacial score (nSPS) is 11.6. The molecule has 0 aliphatic heterocycles. The van der Waals surface area contributed by atoms with E-state index in [2.05, 4.69) is 46.4 Å². The molecule has 2 aromatic carbocycles. The zero-order chi connectivity index (χ0) is 20.9. The van der Waals surface area contributed by atoms with Gasteiger partial charge in [0.05, 0.1) is 12.1 Å². The highest BCUT2D eigenvalue weighted by molar-refractivity contribution is 5.92. The van der Waals surface area contributed by atoms with Gasteiger partial charge in [-0.05, 0) is 28.3 Å². The van der Waals surface area contributed by atoms with Gasteiger partial charge in [-0.2, -0.15) is 0 Å². The first kappa shape index (κ1) is 19.2. The number of aromatic nitrogens is 1. The molecule has 30 heavy (non-hydrogen) atoms. The fourth-order valence-corrected chi connectivity index (χ4v) is 3.56. The van der Waals surface area contributed by atoms with E-state index >= 15 is 0 Å². The molecule has 0 unspecified atom stereocenters. The Kier molecular flexibility index (Phi) is 5.44. The van der Waals surface area contributed by atoms with Crippen LogP contribution in [-0.4, -0.2) is 30.1 Å². The Morgan fingerprint density at radius 3 is 2.37 bits per heavy atom. The Balaban J connectivity index is 1.34. The van der Waals surface area contributed by atoms with Crippen LogP contribution < -0.4 is 11.1 Å². The topological polar surface area (TPSA) is 94.3 Å². The number of nitrogens with two attached hydrogens (primary N) is 1. The number of carbonyl (C=O) groups excluding carboxylic acids is 2. The second kappa shape index (κ2) is 8.50. The minimum Gasteiger partial charge on any atom is -0.449 e. The van der Waals surface area contributed by atoms with Crippen molar-refractivity contribution in [2.45, 2.75) is 5.92 Å². The highest BCUT2D eigenvalue weighted by Crippen LogP contribution is 2.44. The van der Waals surface area contributed by atoms with Crippen molar-refractivity contribution in [2.75, 3.05) is 13.2 Å². The van der Waals surface area contributed by atoms with Crippen LogP contribution in [0.15, 0.2) is 67.0 Å². The van der Waals surface area contributed by atoms with Crippen LogP contribution in [0.5, 0.6) is 0 Å². The van der Waals surface area contributed by atoms with E-state index in [1.807, 2.05) is 24.3 Å². The van der Waals surface area contributed by atoms with E-state index in [-0.39, 0.29) is 24.6 Å². The molecule has 4 rings (SSSR count). The smallest absolute Gasteiger partial charge is 0.407 e. The Hall–Kier alpha value is -4.11. The molecule has 1 aromatic heterocycles. The number of carbonyl (C=O) groups is 2. The number of ether oxygens (including phenoxy) is 1. The standard InChI is InChI=1S/C24H19N3O3/c25-23(28)17-12-16(13-26-14-17)6-5-11-27-24(29)30-15-22-20-9-3-1-7-18(20)19-8-2-4-10-21(19)22/h1-4,7-10,12-14,22H,11,15H2,(H2,25,28)(H,27,29). The molecule has 148 valence electrons. The summed E-state index contributed by atoms with van der Waals surface area (Å²) in [5.74, 6) is 5.08. The Morgan fingerprint density at radius 2 is 1.70 bits per heavy atom. The molecule has 6 heteroatoms. The van der Waals surface area contributed by atoms with E-state index in [9.17, 15) is 9.59 Å². The summed E-state index contributed by atoms with van der Waals surface area (Å²) >= 11 is 0. The minimum atomic E-state index is -0.567. The van der Waals surface area contributed by atoms with E-state index in [0.717, 1.165) is 11.1 Å². The highest BCUT2D eigenvalue weighted by atomic mass is 16.5. The fourth-order valence-electron chi connectivity index (χ4n) is 3.56. The lowest BCUT2D eigenvalue weighted by Gasteiger charge is -2.14. The molecule has 3 N–H and O–H groups in total. The van der Waals surface area contributed by atoms with Gasteiger partial charge in [0.15, 0.2) is 0 Å². The lowest BCUT2D eigenvalue weighted by Crippen LogP contribution is -2.26. The molecule has 3 aromatic rings. The van der Waals surface area contributed by atoms with Crippen molar-refractivity contribution < 1.29 is 14.3 Å². The van der Waals surface area contributed by atoms with Gasteiger partial charge in [-0.15, -0.1) is 0 Å². The molecule has 0 bridgehead atoms. The van der Waals surface area contributed by atoms with E-state index in [1.54, 1.807) is 6.07 Å². The second-order valence-electron chi connectivity index (χ2n) is 6.81. The third-order valence-corrected chi connectivity index (χ3v) is 4.92. The molecule has 0 atom stereocenters. The highest BCUT2D eigenvalue weighted by Gasteiger charge is 2.28. The molecule has 1 aliphatic rings. The summed E-state index contributed by atoms with van der Waals surface area (Å²) in [6, 6.07) is 17.9. The maximum Gasteiger partial charge on any atom is 0.407 e. The molecule has 0 spiro atoms. The molecule has 2 amide bonds. The van der Waals surface area contributed by atoms with Gasteiger partial charge in [0.1, 0.15) is 6.61 Å². The monoisotopic (exact) mass is 397 g/mol. The van der Waals surface area contributed by atoms with Crippen LogP contribution in [0.4, 0.5) is 4.79 Å². The predicted molar refractivity (Wildman–Crippen MR) is 113 cm³/mol. The van der Waals surface area contributed by atoms with Gasteiger partial charge in [0, 0.05) is 23.9 Å². The van der Waals surface area contributed by atoms with Gasteiger partial charge in [-0.25, -0.2) is 4.79 Å². The van der Waals surface area contributed by atoms with Crippen molar-refractivity contribution >= 4 is 12.0 Å². The lowest BCUT2D eigenvalue weighted by atomic mass is 9.98. The van der Waals surface area contributed by atoms with Crippen LogP contribution in [-0.2, 0) is 4.74 Å². The van der Waals surface area contributed by atoms with E-state index in [1.165, 1.54) is 23.5 Å². The van der Waals surface area contributed by atoms with E-state index < -0.39 is 12.0 Å². The van der Waals surface area contributed by atoms with Crippen molar-refractivity contribution in [1.29, 1.82) is 0 Å². The fraction of sp³-hybridized carbons (Fsp3) is 0.125. The number of hydrogen-bond donors (Lipinski definition) is 2. The number of nitrogens with one attached hydrogen (secondary N) is 1. The first-order valence-electron chi connectivity index (χ1n) is 9.46. The lowest BCUT2D eigenvalue weighted by molar-refractivity contribution is 0.0999. The van der Waals surface area contributed by atoms with Crippen molar-refractivity contribution in [3.63, 3.8) is 0 Å². The van der Waals surface area contributed by atoms with E-state index in [0.29, 0.717) is 5.56 Å². The largest absolute Gasteiger partial charge is 0.449 e. The molecule has 1 heterocycles. The van der Waals surface area contributed by atoms with Crippen LogP contribution in [0.3, 0.4) is 0 Å². The molecule has 1 aliphatic carbocycles. The summed E-state index contributed by atoms with van der Waals surface area (Å²) in [5, 5.41) is 2.62. The average Bonchev–Trinajstić information content (AvgIpc) is 3.09. The van der Waals surface area contributed by atoms with Crippen LogP contribution in [0.1, 0.15) is 33.0 Å². The van der Waals surface area contributed by atoms with E-state index in [4.69, 9.17) is 10.5 Å². The maximum absolute atomic E-state index is 12.1. The summed E-state index contributed by atoms with van der Waals surface area (Å²) in [4.78, 5) is 27.2. The van der Waals surface area contributed by atoms with Crippen molar-refractivity contribution in [1.82, 2.24) is 10.3 Å². The van der Waals surface area contributed by atoms with Crippen LogP contribution in [0.2, 0.25) is 0 Å². The van der Waals surface area contributed by atoms with Crippen LogP contribution in [0.25, 0.3) is 11.1 Å². The number of pyridine rings is 1. The first-order chi connectivity index (χ1) is 14.6. The number of alkyl carbamates (subject to hydrolysis) is 1. The Bertz CT molecular complexity index is 1130. The van der Waals surface area contributed by atoms with Crippen molar-refractivity contribution in [3.8, 4) is 23.0 Å². The van der Waals surface area contributed by atoms with Crippen molar-refractivity contribution in [3.05, 3.63) is 89.2 Å². The summed E-state index contributed by atoms with van der Waals surface area (Å²) in [6.45, 7) is 0.356. The number of hydrogen-bond acceptors (Lipinski definition) is 4. The third kappa shape index (κ3) is 4.01. The van der Waals surface area contributed by atoms with Crippen molar-refractivity contribution in [2.24, 2.45) is 5.73 Å². The second-order valence-corrected chi connectivity index (χ2v) is 6.81. The van der Waals surface area contributed by atoms with Gasteiger partial charge in [-0.1, -0.05) is 60.4 Å². The summed E-state index contributed by atoms with van der Waals surface area (Å²) in [6.07, 6.45) is 2.37. The average molecular weight is 397 g/mol. The maximum atomic E-state index is 12.1. The number of rotatable bonds is 4. The number of nitrogens with zero attached hydrogens (tertiary/aromatic N) is 1. The zero-order valence-electron chi connectivity index (χ0n) is 16.1. The molecule has 0 saturated heterocycles. The van der Waals surface area contributed by atoms with Crippen LogP contribution in [0, 0.1) is 11.8 Å². The molecule has 0 radical (unpaired) electrons. The third-order valence-electron chi connectivity index (χ3n) is 4.92. The summed E-state index contributed by atoms with van der Waals surface area (Å²) < 4.78 is 5.45. The van der Waals surface area contributed by atoms with Gasteiger partial charge in [0.2, 0.25) is 5.91 Å².